The van der Waals surface area contributed by atoms with E-state index in [1.165, 1.54) is 244 Å². The second-order valence-electron chi connectivity index (χ2n) is 20.0. The third kappa shape index (κ3) is 50.1. The molecule has 0 aromatic carbocycles. The van der Waals surface area contributed by atoms with E-state index in [2.05, 4.69) is 19.2 Å². The Hall–Kier alpha value is -1.14. The standard InChI is InChI=1S/C57H113NO5/c1-3-5-7-9-11-13-15-17-18-19-20-21-22-26-29-33-37-41-45-49-55(60)54(53-59)58-56(61)50-46-42-38-34-30-27-23-24-28-32-36-40-44-48-52-63-57(62)51-47-43-39-35-31-25-16-14-12-10-8-6-4-2/h54-55,59-60H,3-53H2,1-2H3,(H,58,61). The fourth-order valence-corrected chi connectivity index (χ4v) is 9.23. The van der Waals surface area contributed by atoms with Gasteiger partial charge in [-0.25, -0.2) is 0 Å². The summed E-state index contributed by atoms with van der Waals surface area (Å²) in [6.45, 7) is 4.96. The van der Waals surface area contributed by atoms with Crippen molar-refractivity contribution in [2.45, 2.75) is 341 Å². The van der Waals surface area contributed by atoms with Crippen LogP contribution >= 0.6 is 0 Å². The van der Waals surface area contributed by atoms with Crippen LogP contribution in [0.3, 0.4) is 0 Å². The predicted molar refractivity (Wildman–Crippen MR) is 274 cm³/mol. The summed E-state index contributed by atoms with van der Waals surface area (Å²) in [5.41, 5.74) is 0. The van der Waals surface area contributed by atoms with Gasteiger partial charge in [-0.15, -0.1) is 0 Å². The lowest BCUT2D eigenvalue weighted by atomic mass is 10.0. The van der Waals surface area contributed by atoms with Gasteiger partial charge in [0.15, 0.2) is 0 Å². The molecule has 0 aliphatic carbocycles. The average molecular weight is 893 g/mol. The van der Waals surface area contributed by atoms with Crippen LogP contribution in [0.15, 0.2) is 0 Å². The molecule has 0 aromatic rings. The molecule has 0 fully saturated rings. The Labute approximate surface area is 394 Å². The number of rotatable bonds is 54. The number of unbranched alkanes of at least 4 members (excludes halogenated alkanes) is 43. The van der Waals surface area contributed by atoms with Crippen LogP contribution in [-0.2, 0) is 14.3 Å². The third-order valence-electron chi connectivity index (χ3n) is 13.7. The maximum absolute atomic E-state index is 12.5. The molecule has 0 spiro atoms. The molecule has 63 heavy (non-hydrogen) atoms. The molecule has 3 N–H and O–H groups in total. The first-order valence-electron chi connectivity index (χ1n) is 28.8. The molecule has 0 aromatic heterocycles. The molecular weight excluding hydrogens is 779 g/mol. The number of carbonyl (C=O) groups excluding carboxylic acids is 2. The Kier molecular flexibility index (Phi) is 52.5. The van der Waals surface area contributed by atoms with Gasteiger partial charge in [0.05, 0.1) is 25.4 Å². The zero-order valence-electron chi connectivity index (χ0n) is 42.8. The van der Waals surface area contributed by atoms with Gasteiger partial charge in [-0.2, -0.15) is 0 Å². The predicted octanol–water partition coefficient (Wildman–Crippen LogP) is 17.5. The first-order chi connectivity index (χ1) is 31.0. The fourth-order valence-electron chi connectivity index (χ4n) is 9.23. The van der Waals surface area contributed by atoms with Gasteiger partial charge < -0.3 is 20.3 Å². The minimum absolute atomic E-state index is 0.000547. The van der Waals surface area contributed by atoms with E-state index in [-0.39, 0.29) is 18.5 Å². The van der Waals surface area contributed by atoms with Gasteiger partial charge in [0.25, 0.3) is 0 Å². The van der Waals surface area contributed by atoms with E-state index in [1.54, 1.807) is 0 Å². The maximum atomic E-state index is 12.5. The van der Waals surface area contributed by atoms with Gasteiger partial charge in [-0.3, -0.25) is 9.59 Å². The lowest BCUT2D eigenvalue weighted by Gasteiger charge is -2.22. The highest BCUT2D eigenvalue weighted by molar-refractivity contribution is 5.76. The van der Waals surface area contributed by atoms with Crippen molar-refractivity contribution in [1.82, 2.24) is 5.32 Å². The van der Waals surface area contributed by atoms with Crippen molar-refractivity contribution in [2.24, 2.45) is 0 Å². The van der Waals surface area contributed by atoms with Crippen molar-refractivity contribution >= 4 is 11.9 Å². The Morgan fingerprint density at radius 1 is 0.381 bits per heavy atom. The van der Waals surface area contributed by atoms with Crippen LogP contribution in [-0.4, -0.2) is 47.4 Å². The van der Waals surface area contributed by atoms with E-state index >= 15 is 0 Å². The van der Waals surface area contributed by atoms with E-state index in [0.29, 0.717) is 25.9 Å². The molecule has 1 amide bonds. The van der Waals surface area contributed by atoms with E-state index in [9.17, 15) is 19.8 Å². The molecule has 0 heterocycles. The summed E-state index contributed by atoms with van der Waals surface area (Å²) in [6, 6.07) is -0.548. The van der Waals surface area contributed by atoms with Crippen LogP contribution < -0.4 is 5.32 Å². The van der Waals surface area contributed by atoms with Gasteiger partial charge in [0, 0.05) is 12.8 Å². The van der Waals surface area contributed by atoms with Crippen LogP contribution in [0.5, 0.6) is 0 Å². The SMILES string of the molecule is CCCCCCCCCCCCCCCCCCCCCC(O)C(CO)NC(=O)CCCCCCCCCCCCCCCCOC(=O)CCCCCCCCCCCCCCC. The number of esters is 1. The van der Waals surface area contributed by atoms with Crippen LogP contribution in [0.1, 0.15) is 328 Å². The van der Waals surface area contributed by atoms with Crippen molar-refractivity contribution in [3.05, 3.63) is 0 Å². The van der Waals surface area contributed by atoms with Gasteiger partial charge in [0.2, 0.25) is 5.91 Å². The number of aliphatic hydroxyl groups is 2. The lowest BCUT2D eigenvalue weighted by molar-refractivity contribution is -0.143. The van der Waals surface area contributed by atoms with Gasteiger partial charge in [0.1, 0.15) is 0 Å². The molecule has 0 aliphatic rings. The lowest BCUT2D eigenvalue weighted by Crippen LogP contribution is -2.45. The molecule has 6 nitrogen and oxygen atoms in total. The maximum Gasteiger partial charge on any atom is 0.305 e. The number of amides is 1. The van der Waals surface area contributed by atoms with Crippen LogP contribution in [0.2, 0.25) is 0 Å². The Morgan fingerprint density at radius 2 is 0.651 bits per heavy atom. The van der Waals surface area contributed by atoms with Gasteiger partial charge >= 0.3 is 5.97 Å². The summed E-state index contributed by atoms with van der Waals surface area (Å²) in [4.78, 5) is 24.5. The highest BCUT2D eigenvalue weighted by atomic mass is 16.5. The van der Waals surface area contributed by atoms with Crippen molar-refractivity contribution in [1.29, 1.82) is 0 Å². The highest BCUT2D eigenvalue weighted by Gasteiger charge is 2.20. The van der Waals surface area contributed by atoms with Gasteiger partial charge in [-0.05, 0) is 25.7 Å². The molecule has 0 saturated heterocycles. The third-order valence-corrected chi connectivity index (χ3v) is 13.7. The molecule has 0 rings (SSSR count). The number of hydrogen-bond donors (Lipinski definition) is 3. The summed E-state index contributed by atoms with van der Waals surface area (Å²) in [6.07, 6.45) is 60.8. The number of aliphatic hydroxyl groups excluding tert-OH is 2. The first-order valence-corrected chi connectivity index (χ1v) is 28.8. The monoisotopic (exact) mass is 892 g/mol. The molecule has 376 valence electrons. The van der Waals surface area contributed by atoms with Gasteiger partial charge in [-0.1, -0.05) is 290 Å². The minimum atomic E-state index is -0.670. The molecule has 6 heteroatoms. The number of ether oxygens (including phenoxy) is 1. The highest BCUT2D eigenvalue weighted by Crippen LogP contribution is 2.18. The largest absolute Gasteiger partial charge is 0.466 e. The molecule has 0 radical (unpaired) electrons. The molecule has 2 atom stereocenters. The zero-order valence-corrected chi connectivity index (χ0v) is 42.8. The summed E-state index contributed by atoms with van der Waals surface area (Å²) in [5, 5.41) is 23.3. The van der Waals surface area contributed by atoms with E-state index < -0.39 is 12.1 Å². The zero-order chi connectivity index (χ0) is 45.8. The number of hydrogen-bond acceptors (Lipinski definition) is 5. The minimum Gasteiger partial charge on any atom is -0.466 e. The van der Waals surface area contributed by atoms with Crippen LogP contribution in [0.25, 0.3) is 0 Å². The fraction of sp³-hybridized carbons (Fsp3) is 0.965. The second kappa shape index (κ2) is 53.5. The molecule has 0 aliphatic heterocycles. The molecular formula is C57H113NO5. The smallest absolute Gasteiger partial charge is 0.305 e. The van der Waals surface area contributed by atoms with E-state index in [0.717, 1.165) is 51.4 Å². The molecule has 0 bridgehead atoms. The van der Waals surface area contributed by atoms with Crippen molar-refractivity contribution in [3.8, 4) is 0 Å². The summed E-state index contributed by atoms with van der Waals surface area (Å²) in [5.74, 6) is -0.0410. The van der Waals surface area contributed by atoms with E-state index in [1.807, 2.05) is 0 Å². The summed E-state index contributed by atoms with van der Waals surface area (Å²) in [7, 11) is 0. The second-order valence-corrected chi connectivity index (χ2v) is 20.0. The van der Waals surface area contributed by atoms with Crippen molar-refractivity contribution < 1.29 is 24.5 Å². The quantitative estimate of drug-likeness (QED) is 0.0418. The van der Waals surface area contributed by atoms with Crippen molar-refractivity contribution in [2.75, 3.05) is 13.2 Å². The van der Waals surface area contributed by atoms with Crippen LogP contribution in [0.4, 0.5) is 0 Å². The molecule has 2 unspecified atom stereocenters. The Morgan fingerprint density at radius 3 is 0.968 bits per heavy atom. The average Bonchev–Trinajstić information content (AvgIpc) is 3.28. The van der Waals surface area contributed by atoms with Crippen LogP contribution in [0, 0.1) is 0 Å². The summed E-state index contributed by atoms with van der Waals surface area (Å²) < 4.78 is 5.47. The normalized spacial score (nSPS) is 12.5. The summed E-state index contributed by atoms with van der Waals surface area (Å²) >= 11 is 0. The topological polar surface area (TPSA) is 95.9 Å². The first kappa shape index (κ1) is 61.9. The Bertz CT molecular complexity index is 898. The Balaban J connectivity index is 3.43. The van der Waals surface area contributed by atoms with E-state index in [4.69, 9.17) is 4.74 Å². The number of nitrogens with one attached hydrogen (secondary N) is 1. The van der Waals surface area contributed by atoms with Crippen molar-refractivity contribution in [3.63, 3.8) is 0 Å². The number of carbonyl (C=O) groups is 2. The molecule has 0 saturated carbocycles.